The van der Waals surface area contributed by atoms with Crippen molar-refractivity contribution in [3.63, 3.8) is 0 Å². The third-order valence-electron chi connectivity index (χ3n) is 1.29. The Hall–Kier alpha value is -0.0800. The molecular formula is C7H14O2. The number of ether oxygens (including phenoxy) is 2. The summed E-state index contributed by atoms with van der Waals surface area (Å²) in [5, 5.41) is 0. The standard InChI is InChI=1S/C7H14O2/c1-6(2)8-4-3-7-5-9-7/h6-7H,3-5H2,1-2H3/t7-/m0/s1. The molecule has 1 saturated heterocycles. The van der Waals surface area contributed by atoms with Crippen molar-refractivity contribution in [3.05, 3.63) is 0 Å². The molecule has 1 aliphatic rings. The van der Waals surface area contributed by atoms with Gasteiger partial charge in [-0.1, -0.05) is 0 Å². The van der Waals surface area contributed by atoms with Crippen LogP contribution in [0.5, 0.6) is 0 Å². The largest absolute Gasteiger partial charge is 0.379 e. The summed E-state index contributed by atoms with van der Waals surface area (Å²) >= 11 is 0. The van der Waals surface area contributed by atoms with Crippen LogP contribution >= 0.6 is 0 Å². The van der Waals surface area contributed by atoms with Crippen LogP contribution in [0.1, 0.15) is 20.3 Å². The van der Waals surface area contributed by atoms with Crippen molar-refractivity contribution >= 4 is 0 Å². The van der Waals surface area contributed by atoms with Gasteiger partial charge < -0.3 is 9.47 Å². The molecule has 1 rings (SSSR count). The van der Waals surface area contributed by atoms with Gasteiger partial charge in [0.25, 0.3) is 0 Å². The summed E-state index contributed by atoms with van der Waals surface area (Å²) in [6.45, 7) is 5.89. The molecule has 0 aliphatic carbocycles. The second kappa shape index (κ2) is 3.18. The zero-order valence-electron chi connectivity index (χ0n) is 6.09. The quantitative estimate of drug-likeness (QED) is 0.533. The Morgan fingerprint density at radius 3 is 2.78 bits per heavy atom. The van der Waals surface area contributed by atoms with Gasteiger partial charge in [0.1, 0.15) is 0 Å². The van der Waals surface area contributed by atoms with Gasteiger partial charge in [-0.05, 0) is 20.3 Å². The highest BCUT2D eigenvalue weighted by molar-refractivity contribution is 4.67. The molecule has 0 N–H and O–H groups in total. The summed E-state index contributed by atoms with van der Waals surface area (Å²) in [6, 6.07) is 0. The minimum Gasteiger partial charge on any atom is -0.379 e. The van der Waals surface area contributed by atoms with Gasteiger partial charge in [-0.15, -0.1) is 0 Å². The summed E-state index contributed by atoms with van der Waals surface area (Å²) in [6.07, 6.45) is 1.95. The van der Waals surface area contributed by atoms with Crippen molar-refractivity contribution in [3.8, 4) is 0 Å². The molecule has 9 heavy (non-hydrogen) atoms. The first-order valence-electron chi connectivity index (χ1n) is 3.52. The lowest BCUT2D eigenvalue weighted by molar-refractivity contribution is 0.0730. The SMILES string of the molecule is CC(C)OCC[C@H]1CO1. The van der Waals surface area contributed by atoms with E-state index in [0.717, 1.165) is 19.6 Å². The smallest absolute Gasteiger partial charge is 0.0831 e. The number of rotatable bonds is 4. The van der Waals surface area contributed by atoms with E-state index in [9.17, 15) is 0 Å². The first-order valence-corrected chi connectivity index (χ1v) is 3.52. The summed E-state index contributed by atoms with van der Waals surface area (Å²) in [7, 11) is 0. The Bertz CT molecular complexity index is 75.0. The average Bonchev–Trinajstić information content (AvgIpc) is 2.48. The van der Waals surface area contributed by atoms with E-state index in [2.05, 4.69) is 0 Å². The van der Waals surface area contributed by atoms with Crippen molar-refractivity contribution in [2.24, 2.45) is 0 Å². The Labute approximate surface area is 56.2 Å². The zero-order chi connectivity index (χ0) is 6.69. The van der Waals surface area contributed by atoms with E-state index in [1.54, 1.807) is 0 Å². The third-order valence-corrected chi connectivity index (χ3v) is 1.29. The predicted molar refractivity (Wildman–Crippen MR) is 35.4 cm³/mol. The van der Waals surface area contributed by atoms with E-state index in [4.69, 9.17) is 9.47 Å². The summed E-state index contributed by atoms with van der Waals surface area (Å²) in [5.41, 5.74) is 0. The van der Waals surface area contributed by atoms with E-state index < -0.39 is 0 Å². The minimum atomic E-state index is 0.365. The fourth-order valence-corrected chi connectivity index (χ4v) is 0.670. The average molecular weight is 130 g/mol. The molecule has 0 amide bonds. The van der Waals surface area contributed by atoms with E-state index in [1.807, 2.05) is 13.8 Å². The van der Waals surface area contributed by atoms with E-state index in [-0.39, 0.29) is 0 Å². The van der Waals surface area contributed by atoms with E-state index in [1.165, 1.54) is 0 Å². The van der Waals surface area contributed by atoms with Gasteiger partial charge in [-0.2, -0.15) is 0 Å². The lowest BCUT2D eigenvalue weighted by atomic mass is 10.3. The fourth-order valence-electron chi connectivity index (χ4n) is 0.670. The van der Waals surface area contributed by atoms with E-state index in [0.29, 0.717) is 12.2 Å². The molecule has 0 aromatic heterocycles. The first kappa shape index (κ1) is 7.03. The molecule has 0 saturated carbocycles. The van der Waals surface area contributed by atoms with Crippen LogP contribution in [0.15, 0.2) is 0 Å². The van der Waals surface area contributed by atoms with Gasteiger partial charge in [0.15, 0.2) is 0 Å². The summed E-state index contributed by atoms with van der Waals surface area (Å²) in [4.78, 5) is 0. The maximum absolute atomic E-state index is 5.31. The van der Waals surface area contributed by atoms with Gasteiger partial charge >= 0.3 is 0 Å². The predicted octanol–water partition coefficient (Wildman–Crippen LogP) is 1.20. The van der Waals surface area contributed by atoms with Crippen molar-refractivity contribution in [2.45, 2.75) is 32.5 Å². The molecular weight excluding hydrogens is 116 g/mol. The van der Waals surface area contributed by atoms with Crippen LogP contribution in [0.2, 0.25) is 0 Å². The molecule has 0 aromatic carbocycles. The third kappa shape index (κ3) is 3.49. The van der Waals surface area contributed by atoms with Crippen LogP contribution in [-0.4, -0.2) is 25.4 Å². The highest BCUT2D eigenvalue weighted by atomic mass is 16.6. The van der Waals surface area contributed by atoms with Crippen molar-refractivity contribution < 1.29 is 9.47 Å². The van der Waals surface area contributed by atoms with Crippen LogP contribution in [0, 0.1) is 0 Å². The molecule has 0 unspecified atom stereocenters. The maximum atomic E-state index is 5.31. The Kier molecular flexibility index (Phi) is 2.49. The first-order chi connectivity index (χ1) is 4.29. The summed E-state index contributed by atoms with van der Waals surface area (Å²) < 4.78 is 10.3. The van der Waals surface area contributed by atoms with Crippen molar-refractivity contribution in [1.82, 2.24) is 0 Å². The number of hydrogen-bond acceptors (Lipinski definition) is 2. The Morgan fingerprint density at radius 1 is 1.67 bits per heavy atom. The second-order valence-corrected chi connectivity index (χ2v) is 2.66. The highest BCUT2D eigenvalue weighted by Gasteiger charge is 2.21. The van der Waals surface area contributed by atoms with Gasteiger partial charge in [-0.3, -0.25) is 0 Å². The molecule has 2 nitrogen and oxygen atoms in total. The van der Waals surface area contributed by atoms with Crippen LogP contribution in [-0.2, 0) is 9.47 Å². The topological polar surface area (TPSA) is 21.8 Å². The molecule has 54 valence electrons. The number of hydrogen-bond donors (Lipinski definition) is 0. The monoisotopic (exact) mass is 130 g/mol. The normalized spacial score (nSPS) is 25.0. The Balaban J connectivity index is 1.81. The molecule has 0 aromatic rings. The van der Waals surface area contributed by atoms with Gasteiger partial charge in [0.2, 0.25) is 0 Å². The minimum absolute atomic E-state index is 0.365. The molecule has 1 fully saturated rings. The Morgan fingerprint density at radius 2 is 2.33 bits per heavy atom. The van der Waals surface area contributed by atoms with Crippen LogP contribution in [0.4, 0.5) is 0 Å². The maximum Gasteiger partial charge on any atom is 0.0831 e. The van der Waals surface area contributed by atoms with Gasteiger partial charge in [-0.25, -0.2) is 0 Å². The molecule has 0 radical (unpaired) electrons. The van der Waals surface area contributed by atoms with Crippen molar-refractivity contribution in [1.29, 1.82) is 0 Å². The molecule has 0 bridgehead atoms. The lowest BCUT2D eigenvalue weighted by Gasteiger charge is -2.04. The highest BCUT2D eigenvalue weighted by Crippen LogP contribution is 2.12. The van der Waals surface area contributed by atoms with Gasteiger partial charge in [0.05, 0.1) is 18.8 Å². The molecule has 2 heteroatoms. The zero-order valence-corrected chi connectivity index (χ0v) is 6.09. The van der Waals surface area contributed by atoms with Crippen LogP contribution in [0.25, 0.3) is 0 Å². The van der Waals surface area contributed by atoms with Crippen molar-refractivity contribution in [2.75, 3.05) is 13.2 Å². The second-order valence-electron chi connectivity index (χ2n) is 2.66. The van der Waals surface area contributed by atoms with Crippen LogP contribution < -0.4 is 0 Å². The molecule has 1 heterocycles. The number of epoxide rings is 1. The summed E-state index contributed by atoms with van der Waals surface area (Å²) in [5.74, 6) is 0. The van der Waals surface area contributed by atoms with Crippen LogP contribution in [0.3, 0.4) is 0 Å². The molecule has 0 spiro atoms. The lowest BCUT2D eigenvalue weighted by Crippen LogP contribution is -2.05. The molecule has 1 aliphatic heterocycles. The van der Waals surface area contributed by atoms with Gasteiger partial charge in [0, 0.05) is 6.61 Å². The fraction of sp³-hybridized carbons (Fsp3) is 1.00. The molecule has 1 atom stereocenters. The van der Waals surface area contributed by atoms with E-state index >= 15 is 0 Å².